The summed E-state index contributed by atoms with van der Waals surface area (Å²) in [5, 5.41) is 13.6. The first-order chi connectivity index (χ1) is 10.1. The van der Waals surface area contributed by atoms with Gasteiger partial charge in [0.2, 0.25) is 5.91 Å². The van der Waals surface area contributed by atoms with E-state index in [4.69, 9.17) is 5.73 Å². The van der Waals surface area contributed by atoms with Gasteiger partial charge in [0.15, 0.2) is 0 Å². The van der Waals surface area contributed by atoms with Crippen LogP contribution in [0.4, 0.5) is 0 Å². The summed E-state index contributed by atoms with van der Waals surface area (Å²) >= 11 is 0. The van der Waals surface area contributed by atoms with Gasteiger partial charge >= 0.3 is 0 Å². The SMILES string of the molecule is CCCCCCCCCCCCNC(CC(N)=O)C(=O)[O-]. The van der Waals surface area contributed by atoms with Crippen LogP contribution in [-0.2, 0) is 9.59 Å². The van der Waals surface area contributed by atoms with Crippen molar-refractivity contribution in [3.63, 3.8) is 0 Å². The van der Waals surface area contributed by atoms with Crippen molar-refractivity contribution in [2.75, 3.05) is 6.54 Å². The van der Waals surface area contributed by atoms with Gasteiger partial charge in [0.1, 0.15) is 0 Å². The molecule has 0 saturated heterocycles. The summed E-state index contributed by atoms with van der Waals surface area (Å²) in [6.45, 7) is 2.81. The zero-order chi connectivity index (χ0) is 15.9. The molecule has 0 rings (SSSR count). The Morgan fingerprint density at radius 2 is 1.43 bits per heavy atom. The lowest BCUT2D eigenvalue weighted by molar-refractivity contribution is -0.308. The summed E-state index contributed by atoms with van der Waals surface area (Å²) in [4.78, 5) is 21.5. The maximum Gasteiger partial charge on any atom is 0.219 e. The Morgan fingerprint density at radius 3 is 1.86 bits per heavy atom. The molecule has 1 atom stereocenters. The highest BCUT2D eigenvalue weighted by molar-refractivity contribution is 5.82. The molecule has 3 N–H and O–H groups in total. The molecule has 1 unspecified atom stereocenters. The summed E-state index contributed by atoms with van der Waals surface area (Å²) in [7, 11) is 0. The lowest BCUT2D eigenvalue weighted by atomic mass is 10.1. The van der Waals surface area contributed by atoms with Gasteiger partial charge in [0.25, 0.3) is 0 Å². The molecule has 0 aliphatic heterocycles. The highest BCUT2D eigenvalue weighted by Gasteiger charge is 2.11. The van der Waals surface area contributed by atoms with Crippen LogP contribution >= 0.6 is 0 Å². The fraction of sp³-hybridized carbons (Fsp3) is 0.875. The molecule has 0 aromatic carbocycles. The third-order valence-corrected chi connectivity index (χ3v) is 3.61. The normalized spacial score (nSPS) is 12.2. The van der Waals surface area contributed by atoms with Crippen LogP contribution < -0.4 is 16.2 Å². The first-order valence-electron chi connectivity index (χ1n) is 8.30. The standard InChI is InChI=1S/C16H32N2O3/c1-2-3-4-5-6-7-8-9-10-11-12-18-14(16(20)21)13-15(17)19/h14,18H,2-13H2,1H3,(H2,17,19)(H,20,21)/p-1. The van der Waals surface area contributed by atoms with Gasteiger partial charge < -0.3 is 21.0 Å². The van der Waals surface area contributed by atoms with Crippen molar-refractivity contribution in [1.29, 1.82) is 0 Å². The van der Waals surface area contributed by atoms with Gasteiger partial charge in [-0.05, 0) is 13.0 Å². The first kappa shape index (κ1) is 19.9. The molecule has 0 aliphatic carbocycles. The predicted octanol–water partition coefficient (Wildman–Crippen LogP) is 1.49. The summed E-state index contributed by atoms with van der Waals surface area (Å²) in [6.07, 6.45) is 12.2. The number of carbonyl (C=O) groups excluding carboxylic acids is 2. The van der Waals surface area contributed by atoms with Crippen LogP contribution in [0.5, 0.6) is 0 Å². The number of nitrogens with two attached hydrogens (primary N) is 1. The molecule has 0 aliphatic rings. The maximum absolute atomic E-state index is 10.8. The van der Waals surface area contributed by atoms with E-state index in [0.717, 1.165) is 12.8 Å². The molecule has 0 radical (unpaired) electrons. The van der Waals surface area contributed by atoms with Crippen LogP contribution in [0.3, 0.4) is 0 Å². The number of nitrogens with one attached hydrogen (secondary N) is 1. The van der Waals surface area contributed by atoms with Crippen LogP contribution in [0, 0.1) is 0 Å². The van der Waals surface area contributed by atoms with Crippen LogP contribution in [0.15, 0.2) is 0 Å². The first-order valence-corrected chi connectivity index (χ1v) is 8.30. The number of rotatable bonds is 15. The third-order valence-electron chi connectivity index (χ3n) is 3.61. The van der Waals surface area contributed by atoms with Crippen LogP contribution in [0.1, 0.15) is 77.6 Å². The molecule has 0 aromatic rings. The molecular formula is C16H31N2O3-. The highest BCUT2D eigenvalue weighted by Crippen LogP contribution is 2.10. The van der Waals surface area contributed by atoms with Gasteiger partial charge in [-0.2, -0.15) is 0 Å². The van der Waals surface area contributed by atoms with Crippen LogP contribution in [-0.4, -0.2) is 24.5 Å². The summed E-state index contributed by atoms with van der Waals surface area (Å²) in [5.74, 6) is -1.89. The molecular weight excluding hydrogens is 268 g/mol. The lowest BCUT2D eigenvalue weighted by Crippen LogP contribution is -2.47. The number of unbranched alkanes of at least 4 members (excludes halogenated alkanes) is 9. The molecule has 0 bridgehead atoms. The van der Waals surface area contributed by atoms with E-state index < -0.39 is 17.9 Å². The van der Waals surface area contributed by atoms with Gasteiger partial charge in [-0.3, -0.25) is 4.79 Å². The molecule has 0 spiro atoms. The van der Waals surface area contributed by atoms with Gasteiger partial charge in [-0.15, -0.1) is 0 Å². The van der Waals surface area contributed by atoms with Crippen LogP contribution in [0.25, 0.3) is 0 Å². The number of carboxylic acids is 1. The minimum atomic E-state index is -1.26. The Labute approximate surface area is 128 Å². The van der Waals surface area contributed by atoms with E-state index in [1.54, 1.807) is 0 Å². The largest absolute Gasteiger partial charge is 0.548 e. The smallest absolute Gasteiger partial charge is 0.219 e. The average molecular weight is 299 g/mol. The predicted molar refractivity (Wildman–Crippen MR) is 82.5 cm³/mol. The van der Waals surface area contributed by atoms with Crippen molar-refractivity contribution in [3.8, 4) is 0 Å². The zero-order valence-electron chi connectivity index (χ0n) is 13.4. The number of carbonyl (C=O) groups is 2. The second kappa shape index (κ2) is 13.9. The number of hydrogen-bond acceptors (Lipinski definition) is 4. The maximum atomic E-state index is 10.8. The van der Waals surface area contributed by atoms with Crippen molar-refractivity contribution >= 4 is 11.9 Å². The van der Waals surface area contributed by atoms with Gasteiger partial charge in [-0.1, -0.05) is 64.7 Å². The van der Waals surface area contributed by atoms with Crippen LogP contribution in [0.2, 0.25) is 0 Å². The Balaban J connectivity index is 3.38. The van der Waals surface area contributed by atoms with Crippen molar-refractivity contribution < 1.29 is 14.7 Å². The van der Waals surface area contributed by atoms with Crippen molar-refractivity contribution in [2.24, 2.45) is 5.73 Å². The molecule has 21 heavy (non-hydrogen) atoms. The second-order valence-electron chi connectivity index (χ2n) is 5.68. The van der Waals surface area contributed by atoms with Gasteiger partial charge in [0.05, 0.1) is 12.0 Å². The average Bonchev–Trinajstić information content (AvgIpc) is 2.42. The van der Waals surface area contributed by atoms with E-state index in [-0.39, 0.29) is 6.42 Å². The second-order valence-corrected chi connectivity index (χ2v) is 5.68. The minimum Gasteiger partial charge on any atom is -0.548 e. The quantitative estimate of drug-likeness (QED) is 0.448. The third kappa shape index (κ3) is 13.6. The monoisotopic (exact) mass is 299 g/mol. The van der Waals surface area contributed by atoms with E-state index in [1.807, 2.05) is 0 Å². The van der Waals surface area contributed by atoms with E-state index in [9.17, 15) is 14.7 Å². The zero-order valence-corrected chi connectivity index (χ0v) is 13.4. The Bertz CT molecular complexity index is 283. The fourth-order valence-electron chi connectivity index (χ4n) is 2.33. The molecule has 0 heterocycles. The summed E-state index contributed by atoms with van der Waals surface area (Å²) in [5.41, 5.74) is 4.99. The molecule has 5 heteroatoms. The van der Waals surface area contributed by atoms with Crippen molar-refractivity contribution in [3.05, 3.63) is 0 Å². The fourth-order valence-corrected chi connectivity index (χ4v) is 2.33. The Hall–Kier alpha value is -1.10. The molecule has 5 nitrogen and oxygen atoms in total. The van der Waals surface area contributed by atoms with E-state index in [1.165, 1.54) is 51.4 Å². The number of aliphatic carboxylic acids is 1. The van der Waals surface area contributed by atoms with E-state index >= 15 is 0 Å². The van der Waals surface area contributed by atoms with E-state index in [2.05, 4.69) is 12.2 Å². The topological polar surface area (TPSA) is 95.2 Å². The Morgan fingerprint density at radius 1 is 0.952 bits per heavy atom. The summed E-state index contributed by atoms with van der Waals surface area (Å²) in [6, 6.07) is -0.957. The number of primary amides is 1. The Kier molecular flexibility index (Phi) is 13.1. The summed E-state index contributed by atoms with van der Waals surface area (Å²) < 4.78 is 0. The minimum absolute atomic E-state index is 0.208. The molecule has 0 aromatic heterocycles. The van der Waals surface area contributed by atoms with Crippen molar-refractivity contribution in [1.82, 2.24) is 5.32 Å². The molecule has 1 amide bonds. The van der Waals surface area contributed by atoms with Crippen molar-refractivity contribution in [2.45, 2.75) is 83.6 Å². The number of carboxylic acid groups (broad SMARTS) is 1. The van der Waals surface area contributed by atoms with Gasteiger partial charge in [-0.25, -0.2) is 0 Å². The highest BCUT2D eigenvalue weighted by atomic mass is 16.4. The molecule has 0 fully saturated rings. The molecule has 0 saturated carbocycles. The van der Waals surface area contributed by atoms with E-state index in [0.29, 0.717) is 6.54 Å². The molecule has 124 valence electrons. The number of amides is 1. The van der Waals surface area contributed by atoms with Gasteiger partial charge in [0, 0.05) is 6.42 Å². The number of hydrogen-bond donors (Lipinski definition) is 2. The lowest BCUT2D eigenvalue weighted by Gasteiger charge is -2.17.